The Bertz CT molecular complexity index is 561. The number of thiazole rings is 1. The Labute approximate surface area is 148 Å². The zero-order valence-corrected chi connectivity index (χ0v) is 15.8. The van der Waals surface area contributed by atoms with Crippen LogP contribution in [0.5, 0.6) is 0 Å². The lowest BCUT2D eigenvalue weighted by atomic mass is 10.1. The van der Waals surface area contributed by atoms with E-state index >= 15 is 0 Å². The Hall–Kier alpha value is -1.43. The predicted molar refractivity (Wildman–Crippen MR) is 97.4 cm³/mol. The molecule has 134 valence electrons. The van der Waals surface area contributed by atoms with Gasteiger partial charge in [0.25, 0.3) is 5.91 Å². The van der Waals surface area contributed by atoms with Crippen molar-refractivity contribution in [3.8, 4) is 0 Å². The summed E-state index contributed by atoms with van der Waals surface area (Å²) in [5.74, 6) is 0.339. The van der Waals surface area contributed by atoms with E-state index in [9.17, 15) is 9.59 Å². The van der Waals surface area contributed by atoms with Gasteiger partial charge in [0, 0.05) is 12.6 Å². The molecular weight excluding hydrogens is 322 g/mol. The minimum atomic E-state index is -0.0888. The fourth-order valence-electron chi connectivity index (χ4n) is 2.96. The maximum Gasteiger partial charge on any atom is 0.263 e. The summed E-state index contributed by atoms with van der Waals surface area (Å²) < 4.78 is 0. The van der Waals surface area contributed by atoms with Crippen LogP contribution >= 0.6 is 11.3 Å². The van der Waals surface area contributed by atoms with Crippen LogP contribution in [0.25, 0.3) is 0 Å². The Morgan fingerprint density at radius 2 is 1.88 bits per heavy atom. The van der Waals surface area contributed by atoms with E-state index in [1.807, 2.05) is 6.92 Å². The van der Waals surface area contributed by atoms with E-state index in [0.29, 0.717) is 34.1 Å². The van der Waals surface area contributed by atoms with Crippen molar-refractivity contribution in [3.63, 3.8) is 0 Å². The maximum atomic E-state index is 12.3. The second-order valence-corrected chi connectivity index (χ2v) is 8.14. The van der Waals surface area contributed by atoms with Crippen molar-refractivity contribution < 1.29 is 9.59 Å². The van der Waals surface area contributed by atoms with Crippen molar-refractivity contribution in [3.05, 3.63) is 15.6 Å². The molecular formula is C18H29N3O2S. The van der Waals surface area contributed by atoms with E-state index in [2.05, 4.69) is 29.5 Å². The smallest absolute Gasteiger partial charge is 0.263 e. The van der Waals surface area contributed by atoms with E-state index in [1.165, 1.54) is 37.0 Å². The van der Waals surface area contributed by atoms with Gasteiger partial charge in [-0.3, -0.25) is 9.59 Å². The van der Waals surface area contributed by atoms with Crippen LogP contribution in [0, 0.1) is 12.8 Å². The van der Waals surface area contributed by atoms with Gasteiger partial charge in [-0.25, -0.2) is 4.98 Å². The number of hydrogen-bond acceptors (Lipinski definition) is 4. The monoisotopic (exact) mass is 351 g/mol. The molecule has 2 amide bonds. The van der Waals surface area contributed by atoms with Gasteiger partial charge in [-0.1, -0.05) is 39.5 Å². The summed E-state index contributed by atoms with van der Waals surface area (Å²) in [6.45, 7) is 6.59. The van der Waals surface area contributed by atoms with Crippen molar-refractivity contribution in [2.24, 2.45) is 5.92 Å². The number of aryl methyl sites for hydroxylation is 1. The molecule has 1 aromatic rings. The molecule has 0 atom stereocenters. The van der Waals surface area contributed by atoms with Crippen LogP contribution in [0.1, 0.15) is 72.7 Å². The summed E-state index contributed by atoms with van der Waals surface area (Å²) in [5.41, 5.74) is 0.707. The molecule has 24 heavy (non-hydrogen) atoms. The van der Waals surface area contributed by atoms with Gasteiger partial charge in [-0.15, -0.1) is 11.3 Å². The van der Waals surface area contributed by atoms with Gasteiger partial charge in [0.15, 0.2) is 0 Å². The van der Waals surface area contributed by atoms with Crippen LogP contribution in [-0.2, 0) is 11.2 Å². The van der Waals surface area contributed by atoms with E-state index in [1.54, 1.807) is 0 Å². The lowest BCUT2D eigenvalue weighted by molar-refractivity contribution is -0.121. The highest BCUT2D eigenvalue weighted by Crippen LogP contribution is 2.20. The average Bonchev–Trinajstić information content (AvgIpc) is 2.72. The molecule has 1 aromatic heterocycles. The summed E-state index contributed by atoms with van der Waals surface area (Å²) in [6, 6.07) is 0.301. The number of nitrogens with zero attached hydrogens (tertiary/aromatic N) is 1. The van der Waals surface area contributed by atoms with E-state index in [0.717, 1.165) is 12.8 Å². The number of carbonyl (C=O) groups excluding carboxylic acids is 2. The van der Waals surface area contributed by atoms with Crippen LogP contribution < -0.4 is 10.6 Å². The zero-order valence-electron chi connectivity index (χ0n) is 15.0. The van der Waals surface area contributed by atoms with Crippen LogP contribution in [0.2, 0.25) is 0 Å². The Morgan fingerprint density at radius 1 is 1.21 bits per heavy atom. The SMILES string of the molecule is Cc1nc(CC(=O)NC2CCCCCC2)sc1C(=O)NCC(C)C. The van der Waals surface area contributed by atoms with Crippen LogP contribution in [0.4, 0.5) is 0 Å². The van der Waals surface area contributed by atoms with Crippen molar-refractivity contribution in [1.82, 2.24) is 15.6 Å². The minimum Gasteiger partial charge on any atom is -0.353 e. The summed E-state index contributed by atoms with van der Waals surface area (Å²) in [4.78, 5) is 29.5. The fraction of sp³-hybridized carbons (Fsp3) is 0.722. The topological polar surface area (TPSA) is 71.1 Å². The highest BCUT2D eigenvalue weighted by Gasteiger charge is 2.19. The second kappa shape index (κ2) is 9.16. The van der Waals surface area contributed by atoms with Crippen molar-refractivity contribution in [2.45, 2.75) is 71.8 Å². The highest BCUT2D eigenvalue weighted by atomic mass is 32.1. The molecule has 6 heteroatoms. The number of carbonyl (C=O) groups is 2. The first-order chi connectivity index (χ1) is 11.5. The molecule has 0 aromatic carbocycles. The first-order valence-corrected chi connectivity index (χ1v) is 9.81. The molecule has 1 heterocycles. The molecule has 1 aliphatic rings. The summed E-state index contributed by atoms with van der Waals surface area (Å²) >= 11 is 1.33. The van der Waals surface area contributed by atoms with Gasteiger partial charge in [0.2, 0.25) is 5.91 Å². The quantitative estimate of drug-likeness (QED) is 0.773. The molecule has 0 spiro atoms. The molecule has 0 unspecified atom stereocenters. The van der Waals surface area contributed by atoms with Crippen molar-refractivity contribution in [2.75, 3.05) is 6.54 Å². The molecule has 0 radical (unpaired) electrons. The van der Waals surface area contributed by atoms with E-state index < -0.39 is 0 Å². The zero-order chi connectivity index (χ0) is 17.5. The van der Waals surface area contributed by atoms with E-state index in [-0.39, 0.29) is 18.2 Å². The van der Waals surface area contributed by atoms with Gasteiger partial charge >= 0.3 is 0 Å². The standard InChI is InChI=1S/C18H29N3O2S/c1-12(2)11-19-18(23)17-13(3)20-16(24-17)10-15(22)21-14-8-6-4-5-7-9-14/h12,14H,4-11H2,1-3H3,(H,19,23)(H,21,22). The molecule has 0 aliphatic heterocycles. The van der Waals surface area contributed by atoms with Crippen molar-refractivity contribution >= 4 is 23.2 Å². The summed E-state index contributed by atoms with van der Waals surface area (Å²) in [7, 11) is 0. The van der Waals surface area contributed by atoms with Crippen molar-refractivity contribution in [1.29, 1.82) is 0 Å². The molecule has 1 saturated carbocycles. The molecule has 0 bridgehead atoms. The Balaban J connectivity index is 1.89. The van der Waals surface area contributed by atoms with Crippen LogP contribution in [-0.4, -0.2) is 29.4 Å². The Kier molecular flexibility index (Phi) is 7.21. The van der Waals surface area contributed by atoms with Gasteiger partial charge in [-0.2, -0.15) is 0 Å². The van der Waals surface area contributed by atoms with Gasteiger partial charge in [0.1, 0.15) is 9.88 Å². The molecule has 1 fully saturated rings. The largest absolute Gasteiger partial charge is 0.353 e. The van der Waals surface area contributed by atoms with E-state index in [4.69, 9.17) is 0 Å². The minimum absolute atomic E-state index is 0.0183. The third kappa shape index (κ3) is 5.89. The number of nitrogens with one attached hydrogen (secondary N) is 2. The molecule has 2 N–H and O–H groups in total. The molecule has 0 saturated heterocycles. The number of rotatable bonds is 6. The predicted octanol–water partition coefficient (Wildman–Crippen LogP) is 3.22. The average molecular weight is 352 g/mol. The fourth-order valence-corrected chi connectivity index (χ4v) is 3.94. The molecule has 2 rings (SSSR count). The van der Waals surface area contributed by atoms with Gasteiger partial charge in [-0.05, 0) is 25.7 Å². The van der Waals surface area contributed by atoms with Gasteiger partial charge in [0.05, 0.1) is 12.1 Å². The summed E-state index contributed by atoms with van der Waals surface area (Å²) in [6.07, 6.45) is 7.35. The number of hydrogen-bond donors (Lipinski definition) is 2. The highest BCUT2D eigenvalue weighted by molar-refractivity contribution is 7.13. The molecule has 5 nitrogen and oxygen atoms in total. The third-order valence-corrected chi connectivity index (χ3v) is 5.41. The Morgan fingerprint density at radius 3 is 2.50 bits per heavy atom. The van der Waals surface area contributed by atoms with Crippen LogP contribution in [0.3, 0.4) is 0 Å². The van der Waals surface area contributed by atoms with Crippen LogP contribution in [0.15, 0.2) is 0 Å². The lowest BCUT2D eigenvalue weighted by Crippen LogP contribution is -2.35. The molecule has 1 aliphatic carbocycles. The maximum absolute atomic E-state index is 12.3. The second-order valence-electron chi connectivity index (χ2n) is 7.06. The number of amides is 2. The number of aromatic nitrogens is 1. The summed E-state index contributed by atoms with van der Waals surface area (Å²) in [5, 5.41) is 6.76. The first-order valence-electron chi connectivity index (χ1n) is 8.99. The first kappa shape index (κ1) is 18.9. The normalized spacial score (nSPS) is 16.0. The van der Waals surface area contributed by atoms with Gasteiger partial charge < -0.3 is 10.6 Å². The third-order valence-electron chi connectivity index (χ3n) is 4.25. The lowest BCUT2D eigenvalue weighted by Gasteiger charge is -2.15.